The van der Waals surface area contributed by atoms with E-state index in [4.69, 9.17) is 14.2 Å². The van der Waals surface area contributed by atoms with E-state index in [0.29, 0.717) is 19.3 Å². The molecule has 388 valence electrons. The summed E-state index contributed by atoms with van der Waals surface area (Å²) in [7, 11) is 5.55. The fraction of sp³-hybridized carbons (Fsp3) is 0.879. The van der Waals surface area contributed by atoms with Gasteiger partial charge >= 0.3 is 17.9 Å². The van der Waals surface area contributed by atoms with E-state index in [2.05, 4.69) is 38.2 Å². The quantitative estimate of drug-likeness (QED) is 0.0281. The molecule has 0 saturated carbocycles. The van der Waals surface area contributed by atoms with Gasteiger partial charge in [-0.2, -0.15) is 0 Å². The lowest BCUT2D eigenvalue weighted by atomic mass is 10.0. The molecule has 0 aliphatic rings. The molecule has 0 amide bonds. The Balaban J connectivity index is 4.13. The summed E-state index contributed by atoms with van der Waals surface area (Å²) in [5, 5.41) is 9.67. The van der Waals surface area contributed by atoms with E-state index in [9.17, 15) is 19.5 Å². The fourth-order valence-electron chi connectivity index (χ4n) is 8.71. The number of quaternary nitrogens is 1. The minimum Gasteiger partial charge on any atom is -0.477 e. The molecule has 0 heterocycles. The summed E-state index contributed by atoms with van der Waals surface area (Å²) in [6.45, 7) is 4.77. The van der Waals surface area contributed by atoms with Crippen LogP contribution in [0.5, 0.6) is 0 Å². The standard InChI is InChI=1S/C58H109NO7/c1-6-8-10-12-14-16-18-20-22-24-26-27-28-29-30-31-33-34-36-38-40-42-44-46-48-56(60)65-53-54(52-64-51-50-55(58(62)63)59(3,4)5)66-57(61)49-47-45-43-41-39-37-35-32-25-23-21-19-17-15-13-11-9-7-2/h17,19,23,25,54-55H,6-16,18,20-22,24,26-53H2,1-5H3/p+1/b19-17-,25-23-. The molecular formula is C58H110NO7+. The van der Waals surface area contributed by atoms with Crippen LogP contribution >= 0.6 is 0 Å². The highest BCUT2D eigenvalue weighted by Gasteiger charge is 2.31. The van der Waals surface area contributed by atoms with Crippen molar-refractivity contribution in [3.8, 4) is 0 Å². The number of allylic oxidation sites excluding steroid dienone is 4. The third-order valence-electron chi connectivity index (χ3n) is 13.1. The second-order valence-corrected chi connectivity index (χ2v) is 20.6. The van der Waals surface area contributed by atoms with Gasteiger partial charge in [-0.1, -0.05) is 237 Å². The molecule has 0 saturated heterocycles. The molecule has 1 N–H and O–H groups in total. The molecule has 0 bridgehead atoms. The number of unbranched alkanes of at least 4 members (excludes halogenated alkanes) is 34. The second kappa shape index (κ2) is 49.2. The van der Waals surface area contributed by atoms with Gasteiger partial charge in [0.2, 0.25) is 0 Å². The van der Waals surface area contributed by atoms with Crippen molar-refractivity contribution >= 4 is 17.9 Å². The first-order valence-electron chi connectivity index (χ1n) is 28.4. The number of esters is 2. The normalized spacial score (nSPS) is 12.9. The SMILES string of the molecule is CCCCCC/C=C\C/C=C\CCCCCCCCCC(=O)OC(COCCC(C(=O)O)[N+](C)(C)C)COC(=O)CCCCCCCCCCCCCCCCCCCCCCCCCC. The molecule has 0 radical (unpaired) electrons. The van der Waals surface area contributed by atoms with Crippen LogP contribution in [0.15, 0.2) is 24.3 Å². The highest BCUT2D eigenvalue weighted by Crippen LogP contribution is 2.17. The Morgan fingerprint density at radius 3 is 1.18 bits per heavy atom. The van der Waals surface area contributed by atoms with E-state index in [0.717, 1.165) is 51.4 Å². The van der Waals surface area contributed by atoms with Gasteiger partial charge < -0.3 is 23.8 Å². The van der Waals surface area contributed by atoms with Gasteiger partial charge in [-0.25, -0.2) is 4.79 Å². The number of carbonyl (C=O) groups excluding carboxylic acids is 2. The Kier molecular flexibility index (Phi) is 47.6. The Morgan fingerprint density at radius 2 is 0.803 bits per heavy atom. The molecular weight excluding hydrogens is 823 g/mol. The van der Waals surface area contributed by atoms with Crippen LogP contribution < -0.4 is 0 Å². The predicted octanol–water partition coefficient (Wildman–Crippen LogP) is 16.8. The third kappa shape index (κ3) is 46.9. The summed E-state index contributed by atoms with van der Waals surface area (Å²) >= 11 is 0. The van der Waals surface area contributed by atoms with Crippen LogP contribution in [0.1, 0.15) is 277 Å². The van der Waals surface area contributed by atoms with Gasteiger partial charge in [-0.15, -0.1) is 0 Å². The summed E-state index contributed by atoms with van der Waals surface area (Å²) < 4.78 is 17.4. The number of ether oxygens (including phenoxy) is 3. The lowest BCUT2D eigenvalue weighted by Crippen LogP contribution is -2.50. The van der Waals surface area contributed by atoms with Crippen molar-refractivity contribution in [1.29, 1.82) is 0 Å². The van der Waals surface area contributed by atoms with Crippen LogP contribution in [-0.2, 0) is 28.6 Å². The Bertz CT molecular complexity index is 1130. The average Bonchev–Trinajstić information content (AvgIpc) is 3.28. The molecule has 0 spiro atoms. The van der Waals surface area contributed by atoms with Crippen molar-refractivity contribution in [2.75, 3.05) is 41.0 Å². The largest absolute Gasteiger partial charge is 0.477 e. The minimum absolute atomic E-state index is 0.0489. The molecule has 8 nitrogen and oxygen atoms in total. The maximum Gasteiger partial charge on any atom is 0.362 e. The van der Waals surface area contributed by atoms with Crippen LogP contribution in [0.2, 0.25) is 0 Å². The van der Waals surface area contributed by atoms with E-state index in [1.165, 1.54) is 193 Å². The molecule has 0 aromatic rings. The summed E-state index contributed by atoms with van der Waals surface area (Å²) in [6, 6.07) is -0.614. The van der Waals surface area contributed by atoms with Crippen LogP contribution in [-0.4, -0.2) is 80.6 Å². The number of carbonyl (C=O) groups is 3. The predicted molar refractivity (Wildman–Crippen MR) is 280 cm³/mol. The first-order valence-corrected chi connectivity index (χ1v) is 28.4. The molecule has 0 aromatic carbocycles. The number of carboxylic acids is 1. The molecule has 66 heavy (non-hydrogen) atoms. The van der Waals surface area contributed by atoms with E-state index in [1.54, 1.807) is 0 Å². The molecule has 0 aliphatic carbocycles. The zero-order valence-corrected chi connectivity index (χ0v) is 44.4. The maximum atomic E-state index is 12.8. The van der Waals surface area contributed by atoms with Crippen LogP contribution in [0, 0.1) is 0 Å². The van der Waals surface area contributed by atoms with Gasteiger partial charge in [0.1, 0.15) is 6.61 Å². The van der Waals surface area contributed by atoms with Crippen molar-refractivity contribution in [2.45, 2.75) is 289 Å². The van der Waals surface area contributed by atoms with Crippen molar-refractivity contribution in [2.24, 2.45) is 0 Å². The lowest BCUT2D eigenvalue weighted by Gasteiger charge is -2.31. The smallest absolute Gasteiger partial charge is 0.362 e. The zero-order chi connectivity index (χ0) is 48.4. The van der Waals surface area contributed by atoms with Crippen LogP contribution in [0.3, 0.4) is 0 Å². The van der Waals surface area contributed by atoms with Gasteiger partial charge in [0.15, 0.2) is 12.1 Å². The van der Waals surface area contributed by atoms with Crippen molar-refractivity contribution in [1.82, 2.24) is 0 Å². The molecule has 0 aromatic heterocycles. The number of aliphatic carboxylic acids is 1. The Labute approximate surface area is 409 Å². The molecule has 0 rings (SSSR count). The van der Waals surface area contributed by atoms with Gasteiger partial charge in [-0.05, 0) is 44.9 Å². The fourth-order valence-corrected chi connectivity index (χ4v) is 8.71. The van der Waals surface area contributed by atoms with Crippen LogP contribution in [0.25, 0.3) is 0 Å². The van der Waals surface area contributed by atoms with Gasteiger partial charge in [0, 0.05) is 19.3 Å². The van der Waals surface area contributed by atoms with E-state index >= 15 is 0 Å². The average molecular weight is 934 g/mol. The molecule has 0 aliphatic heterocycles. The number of likely N-dealkylation sites (N-methyl/N-ethyl adjacent to an activating group) is 1. The third-order valence-corrected chi connectivity index (χ3v) is 13.1. The summed E-state index contributed by atoms with van der Waals surface area (Å²) in [5.41, 5.74) is 0. The summed E-state index contributed by atoms with van der Waals surface area (Å²) in [5.74, 6) is -1.46. The number of rotatable bonds is 52. The Morgan fingerprint density at radius 1 is 0.455 bits per heavy atom. The summed E-state index contributed by atoms with van der Waals surface area (Å²) in [6.07, 6.45) is 58.1. The molecule has 2 atom stereocenters. The van der Waals surface area contributed by atoms with Gasteiger partial charge in [0.05, 0.1) is 34.4 Å². The highest BCUT2D eigenvalue weighted by molar-refractivity contribution is 5.72. The number of hydrogen-bond donors (Lipinski definition) is 1. The topological polar surface area (TPSA) is 99.1 Å². The summed E-state index contributed by atoms with van der Waals surface area (Å²) in [4.78, 5) is 37.2. The number of hydrogen-bond acceptors (Lipinski definition) is 6. The molecule has 8 heteroatoms. The van der Waals surface area contributed by atoms with Crippen molar-refractivity contribution in [3.63, 3.8) is 0 Å². The maximum absolute atomic E-state index is 12.8. The molecule has 0 fully saturated rings. The second-order valence-electron chi connectivity index (χ2n) is 20.6. The van der Waals surface area contributed by atoms with E-state index in [-0.39, 0.29) is 36.2 Å². The highest BCUT2D eigenvalue weighted by atomic mass is 16.6. The first kappa shape index (κ1) is 63.8. The van der Waals surface area contributed by atoms with E-state index < -0.39 is 18.1 Å². The number of carboxylic acid groups (broad SMARTS) is 1. The first-order chi connectivity index (χ1) is 32.1. The molecule has 2 unspecified atom stereocenters. The lowest BCUT2D eigenvalue weighted by molar-refractivity contribution is -0.887. The Hall–Kier alpha value is -2.19. The zero-order valence-electron chi connectivity index (χ0n) is 44.4. The minimum atomic E-state index is -0.872. The van der Waals surface area contributed by atoms with Gasteiger partial charge in [-0.3, -0.25) is 9.59 Å². The monoisotopic (exact) mass is 933 g/mol. The van der Waals surface area contributed by atoms with Crippen LogP contribution in [0.4, 0.5) is 0 Å². The van der Waals surface area contributed by atoms with Crippen molar-refractivity contribution in [3.05, 3.63) is 24.3 Å². The number of nitrogens with zero attached hydrogens (tertiary/aromatic N) is 1. The van der Waals surface area contributed by atoms with E-state index in [1.807, 2.05) is 21.1 Å². The van der Waals surface area contributed by atoms with Gasteiger partial charge in [0.25, 0.3) is 0 Å². The van der Waals surface area contributed by atoms with Crippen molar-refractivity contribution < 1.29 is 38.2 Å².